The predicted molar refractivity (Wildman–Crippen MR) is 111 cm³/mol. The van der Waals surface area contributed by atoms with Crippen LogP contribution in [0.1, 0.15) is 63.0 Å². The molecule has 0 N–H and O–H groups in total. The summed E-state index contributed by atoms with van der Waals surface area (Å²) in [5, 5.41) is 0. The van der Waals surface area contributed by atoms with Crippen molar-refractivity contribution < 1.29 is 9.59 Å². The highest BCUT2D eigenvalue weighted by Crippen LogP contribution is 2.56. The molecule has 0 radical (unpaired) electrons. The number of amides is 1. The van der Waals surface area contributed by atoms with Gasteiger partial charge in [-0.2, -0.15) is 0 Å². The van der Waals surface area contributed by atoms with E-state index in [9.17, 15) is 9.59 Å². The number of hydrogen-bond donors (Lipinski definition) is 0. The van der Waals surface area contributed by atoms with E-state index in [1.807, 2.05) is 32.7 Å². The summed E-state index contributed by atoms with van der Waals surface area (Å²) < 4.78 is 2.17. The van der Waals surface area contributed by atoms with Crippen LogP contribution in [0.5, 0.6) is 0 Å². The van der Waals surface area contributed by atoms with E-state index in [2.05, 4.69) is 27.8 Å². The van der Waals surface area contributed by atoms with Crippen LogP contribution in [0.3, 0.4) is 0 Å². The molecule has 3 fully saturated rings. The van der Waals surface area contributed by atoms with Gasteiger partial charge in [0.25, 0.3) is 0 Å². The summed E-state index contributed by atoms with van der Waals surface area (Å²) in [6, 6.07) is 8.42. The molecule has 1 unspecified atom stereocenters. The number of carbonyl (C=O) groups excluding carboxylic acids is 2. The first-order valence-electron chi connectivity index (χ1n) is 10.8. The Kier molecular flexibility index (Phi) is 4.19. The van der Waals surface area contributed by atoms with E-state index < -0.39 is 0 Å². The Balaban J connectivity index is 1.40. The number of hydrogen-bond acceptors (Lipinski definition) is 3. The van der Waals surface area contributed by atoms with Gasteiger partial charge >= 0.3 is 0 Å². The monoisotopic (exact) mass is 391 g/mol. The van der Waals surface area contributed by atoms with E-state index >= 15 is 0 Å². The second-order valence-corrected chi connectivity index (χ2v) is 9.53. The first-order valence-corrected chi connectivity index (χ1v) is 10.8. The average molecular weight is 392 g/mol. The highest BCUT2D eigenvalue weighted by Gasteiger charge is 2.53. The largest absolute Gasteiger partial charge is 0.348 e. The lowest BCUT2D eigenvalue weighted by Gasteiger charge is -2.42. The number of imidazole rings is 1. The van der Waals surface area contributed by atoms with Crippen LogP contribution in [0.25, 0.3) is 11.3 Å². The number of ketones is 1. The van der Waals surface area contributed by atoms with Crippen molar-refractivity contribution in [2.75, 3.05) is 14.1 Å². The molecular formula is C24H29N3O2. The molecule has 5 nitrogen and oxygen atoms in total. The highest BCUT2D eigenvalue weighted by molar-refractivity contribution is 5.88. The van der Waals surface area contributed by atoms with Gasteiger partial charge < -0.3 is 9.47 Å². The summed E-state index contributed by atoms with van der Waals surface area (Å²) in [6.45, 7) is 0. The fourth-order valence-electron chi connectivity index (χ4n) is 6.22. The maximum Gasteiger partial charge on any atom is 0.228 e. The van der Waals surface area contributed by atoms with Gasteiger partial charge in [0.05, 0.1) is 24.3 Å². The van der Waals surface area contributed by atoms with Crippen LogP contribution in [0, 0.1) is 10.8 Å². The molecule has 2 heterocycles. The van der Waals surface area contributed by atoms with Crippen LogP contribution in [-0.4, -0.2) is 40.2 Å². The summed E-state index contributed by atoms with van der Waals surface area (Å²) in [5.74, 6) is 0.639. The molecule has 29 heavy (non-hydrogen) atoms. The van der Waals surface area contributed by atoms with Gasteiger partial charge in [0.1, 0.15) is 5.78 Å². The Hall–Kier alpha value is -2.43. The summed E-state index contributed by atoms with van der Waals surface area (Å²) in [7, 11) is 3.71. The van der Waals surface area contributed by atoms with Gasteiger partial charge in [-0.25, -0.2) is 4.98 Å². The molecule has 1 atom stereocenters. The number of rotatable bonds is 4. The molecule has 1 amide bonds. The summed E-state index contributed by atoms with van der Waals surface area (Å²) in [6.07, 6.45) is 10.5. The minimum atomic E-state index is -0.245. The SMILES string of the molecule is CN(C)C(=O)C12CCCC(C(=O)CC3c4ccccc4-c4cncn43)(CC1)CC2. The smallest absolute Gasteiger partial charge is 0.228 e. The molecule has 1 aromatic heterocycles. The number of benzene rings is 1. The fraction of sp³-hybridized carbons (Fsp3) is 0.542. The Morgan fingerprint density at radius 2 is 1.76 bits per heavy atom. The molecule has 1 aromatic carbocycles. The second-order valence-electron chi connectivity index (χ2n) is 9.53. The molecule has 3 saturated carbocycles. The number of Topliss-reactive ketones (excluding diaryl/α,β-unsaturated/α-hetero) is 1. The Labute approximate surface area is 172 Å². The van der Waals surface area contributed by atoms with Crippen molar-refractivity contribution >= 4 is 11.7 Å². The van der Waals surface area contributed by atoms with E-state index in [-0.39, 0.29) is 22.8 Å². The number of fused-ring (bicyclic) bond motifs is 7. The van der Waals surface area contributed by atoms with Crippen LogP contribution < -0.4 is 0 Å². The van der Waals surface area contributed by atoms with Gasteiger partial charge in [0, 0.05) is 36.9 Å². The lowest BCUT2D eigenvalue weighted by atomic mass is 9.62. The fourth-order valence-corrected chi connectivity index (χ4v) is 6.22. The lowest BCUT2D eigenvalue weighted by molar-refractivity contribution is -0.145. The van der Waals surface area contributed by atoms with Gasteiger partial charge in [-0.1, -0.05) is 30.7 Å². The molecule has 5 heteroatoms. The van der Waals surface area contributed by atoms with Gasteiger partial charge in [0.15, 0.2) is 0 Å². The molecule has 2 bridgehead atoms. The van der Waals surface area contributed by atoms with Crippen LogP contribution in [-0.2, 0) is 9.59 Å². The summed E-state index contributed by atoms with van der Waals surface area (Å²) in [4.78, 5) is 32.6. The lowest BCUT2D eigenvalue weighted by Crippen LogP contribution is -2.44. The zero-order valence-electron chi connectivity index (χ0n) is 17.4. The summed E-state index contributed by atoms with van der Waals surface area (Å²) in [5.41, 5.74) is 3.05. The van der Waals surface area contributed by atoms with E-state index in [0.29, 0.717) is 12.2 Å². The van der Waals surface area contributed by atoms with Crippen molar-refractivity contribution in [2.45, 2.75) is 57.4 Å². The maximum atomic E-state index is 13.7. The Bertz CT molecular complexity index is 966. The van der Waals surface area contributed by atoms with Crippen molar-refractivity contribution in [2.24, 2.45) is 10.8 Å². The Morgan fingerprint density at radius 3 is 2.52 bits per heavy atom. The molecule has 2 aromatic rings. The average Bonchev–Trinajstić information content (AvgIpc) is 3.18. The van der Waals surface area contributed by atoms with Crippen LogP contribution in [0.4, 0.5) is 0 Å². The molecule has 1 aliphatic heterocycles. The first kappa shape index (κ1) is 18.6. The van der Waals surface area contributed by atoms with Crippen LogP contribution >= 0.6 is 0 Å². The quantitative estimate of drug-likeness (QED) is 0.784. The first-order chi connectivity index (χ1) is 14.0. The Morgan fingerprint density at radius 1 is 1.07 bits per heavy atom. The van der Waals surface area contributed by atoms with E-state index in [4.69, 9.17) is 0 Å². The zero-order chi connectivity index (χ0) is 20.2. The standard InChI is InChI=1S/C24H29N3O2/c1-26(2)22(29)24-9-5-8-23(10-12-24,11-13-24)21(28)14-19-17-6-3-4-7-18(17)20-15-25-16-27(19)20/h3-4,6-7,15-16,19H,5,8-14H2,1-2H3. The van der Waals surface area contributed by atoms with Gasteiger partial charge in [-0.3, -0.25) is 9.59 Å². The van der Waals surface area contributed by atoms with Crippen LogP contribution in [0.2, 0.25) is 0 Å². The molecular weight excluding hydrogens is 362 g/mol. The maximum absolute atomic E-state index is 13.7. The minimum Gasteiger partial charge on any atom is -0.348 e. The zero-order valence-corrected chi connectivity index (χ0v) is 17.4. The minimum absolute atomic E-state index is 0.0453. The van der Waals surface area contributed by atoms with Crippen molar-refractivity contribution in [1.82, 2.24) is 14.5 Å². The molecule has 0 saturated heterocycles. The third-order valence-electron chi connectivity index (χ3n) is 7.90. The van der Waals surface area contributed by atoms with Crippen LogP contribution in [0.15, 0.2) is 36.8 Å². The number of aromatic nitrogens is 2. The molecule has 3 aliphatic carbocycles. The predicted octanol–water partition coefficient (Wildman–Crippen LogP) is 4.23. The van der Waals surface area contributed by atoms with Crippen molar-refractivity contribution in [3.05, 3.63) is 42.4 Å². The van der Waals surface area contributed by atoms with E-state index in [1.165, 1.54) is 11.1 Å². The molecule has 152 valence electrons. The molecule has 6 rings (SSSR count). The molecule has 4 aliphatic rings. The van der Waals surface area contributed by atoms with Gasteiger partial charge in [0.2, 0.25) is 5.91 Å². The van der Waals surface area contributed by atoms with Gasteiger partial charge in [-0.15, -0.1) is 0 Å². The summed E-state index contributed by atoms with van der Waals surface area (Å²) >= 11 is 0. The van der Waals surface area contributed by atoms with Crippen molar-refractivity contribution in [3.63, 3.8) is 0 Å². The second kappa shape index (κ2) is 6.54. The number of carbonyl (C=O) groups is 2. The van der Waals surface area contributed by atoms with E-state index in [1.54, 1.807) is 4.90 Å². The van der Waals surface area contributed by atoms with Crippen molar-refractivity contribution in [3.8, 4) is 11.3 Å². The van der Waals surface area contributed by atoms with Crippen molar-refractivity contribution in [1.29, 1.82) is 0 Å². The third kappa shape index (κ3) is 2.70. The van der Waals surface area contributed by atoms with E-state index in [0.717, 1.165) is 50.6 Å². The molecule has 0 spiro atoms. The normalized spacial score (nSPS) is 29.8. The number of nitrogens with zero attached hydrogens (tertiary/aromatic N) is 3. The van der Waals surface area contributed by atoms with Gasteiger partial charge in [-0.05, 0) is 44.1 Å². The third-order valence-corrected chi connectivity index (χ3v) is 7.90. The topological polar surface area (TPSA) is 55.2 Å². The highest BCUT2D eigenvalue weighted by atomic mass is 16.2.